The molecule has 0 radical (unpaired) electrons. The summed E-state index contributed by atoms with van der Waals surface area (Å²) in [5.74, 6) is 0. The van der Waals surface area contributed by atoms with Crippen LogP contribution < -0.4 is 5.73 Å². The summed E-state index contributed by atoms with van der Waals surface area (Å²) >= 11 is 0. The first-order valence-corrected chi connectivity index (χ1v) is 5.69. The van der Waals surface area contributed by atoms with Gasteiger partial charge in [-0.3, -0.25) is 0 Å². The minimum atomic E-state index is -0.612. The maximum Gasteiger partial charge on any atom is 0.104 e. The molecule has 17 heavy (non-hydrogen) atoms. The SMILES string of the molecule is Cc1ccc([C@H](O)c2cccc(N)c2C)cc1. The van der Waals surface area contributed by atoms with Crippen molar-refractivity contribution in [3.05, 3.63) is 64.7 Å². The zero-order valence-electron chi connectivity index (χ0n) is 10.1. The first-order valence-electron chi connectivity index (χ1n) is 5.69. The molecule has 88 valence electrons. The molecule has 0 fully saturated rings. The number of aryl methyl sites for hydroxylation is 1. The first-order chi connectivity index (χ1) is 8.09. The van der Waals surface area contributed by atoms with Crippen molar-refractivity contribution >= 4 is 5.69 Å². The van der Waals surface area contributed by atoms with Gasteiger partial charge >= 0.3 is 0 Å². The number of rotatable bonds is 2. The smallest absolute Gasteiger partial charge is 0.104 e. The number of nitrogens with two attached hydrogens (primary N) is 1. The number of hydrogen-bond donors (Lipinski definition) is 2. The van der Waals surface area contributed by atoms with E-state index in [1.807, 2.05) is 56.3 Å². The van der Waals surface area contributed by atoms with E-state index >= 15 is 0 Å². The van der Waals surface area contributed by atoms with Crippen molar-refractivity contribution in [2.75, 3.05) is 5.73 Å². The van der Waals surface area contributed by atoms with Crippen LogP contribution in [0.1, 0.15) is 28.4 Å². The molecule has 0 bridgehead atoms. The summed E-state index contributed by atoms with van der Waals surface area (Å²) in [6.45, 7) is 3.96. The highest BCUT2D eigenvalue weighted by atomic mass is 16.3. The average molecular weight is 227 g/mol. The number of benzene rings is 2. The Hall–Kier alpha value is -1.80. The van der Waals surface area contributed by atoms with E-state index < -0.39 is 6.10 Å². The van der Waals surface area contributed by atoms with E-state index in [0.29, 0.717) is 5.69 Å². The summed E-state index contributed by atoms with van der Waals surface area (Å²) in [4.78, 5) is 0. The summed E-state index contributed by atoms with van der Waals surface area (Å²) < 4.78 is 0. The van der Waals surface area contributed by atoms with Gasteiger partial charge in [-0.15, -0.1) is 0 Å². The van der Waals surface area contributed by atoms with E-state index in [2.05, 4.69) is 0 Å². The Morgan fingerprint density at radius 1 is 1.00 bits per heavy atom. The van der Waals surface area contributed by atoms with E-state index in [0.717, 1.165) is 16.7 Å². The van der Waals surface area contributed by atoms with E-state index in [1.54, 1.807) is 0 Å². The van der Waals surface area contributed by atoms with Crippen LogP contribution in [0, 0.1) is 13.8 Å². The number of anilines is 1. The first kappa shape index (κ1) is 11.7. The molecule has 0 aliphatic rings. The molecule has 2 rings (SSSR count). The van der Waals surface area contributed by atoms with Crippen LogP contribution >= 0.6 is 0 Å². The number of aliphatic hydroxyl groups is 1. The number of aliphatic hydroxyl groups excluding tert-OH is 1. The predicted molar refractivity (Wildman–Crippen MR) is 70.8 cm³/mol. The van der Waals surface area contributed by atoms with Crippen LogP contribution in [-0.2, 0) is 0 Å². The zero-order valence-corrected chi connectivity index (χ0v) is 10.1. The summed E-state index contributed by atoms with van der Waals surface area (Å²) in [5.41, 5.74) is 10.5. The highest BCUT2D eigenvalue weighted by Gasteiger charge is 2.13. The summed E-state index contributed by atoms with van der Waals surface area (Å²) in [5, 5.41) is 10.3. The van der Waals surface area contributed by atoms with Crippen LogP contribution in [0.2, 0.25) is 0 Å². The Morgan fingerprint density at radius 3 is 2.29 bits per heavy atom. The second-order valence-corrected chi connectivity index (χ2v) is 4.37. The van der Waals surface area contributed by atoms with Crippen LogP contribution in [0.3, 0.4) is 0 Å². The van der Waals surface area contributed by atoms with E-state index in [4.69, 9.17) is 5.73 Å². The monoisotopic (exact) mass is 227 g/mol. The second kappa shape index (κ2) is 4.60. The zero-order chi connectivity index (χ0) is 12.4. The van der Waals surface area contributed by atoms with Gasteiger partial charge in [0.05, 0.1) is 0 Å². The average Bonchev–Trinajstić information content (AvgIpc) is 2.33. The minimum absolute atomic E-state index is 0.612. The highest BCUT2D eigenvalue weighted by Crippen LogP contribution is 2.27. The van der Waals surface area contributed by atoms with Crippen molar-refractivity contribution in [1.29, 1.82) is 0 Å². The fraction of sp³-hybridized carbons (Fsp3) is 0.200. The number of nitrogen functional groups attached to an aromatic ring is 1. The van der Waals surface area contributed by atoms with E-state index in [-0.39, 0.29) is 0 Å². The van der Waals surface area contributed by atoms with Crippen LogP contribution in [0.15, 0.2) is 42.5 Å². The molecule has 0 aliphatic heterocycles. The molecule has 1 atom stereocenters. The molecule has 0 heterocycles. The molecule has 2 aromatic carbocycles. The van der Waals surface area contributed by atoms with Crippen molar-refractivity contribution in [2.24, 2.45) is 0 Å². The fourth-order valence-electron chi connectivity index (χ4n) is 1.90. The number of hydrogen-bond acceptors (Lipinski definition) is 2. The van der Waals surface area contributed by atoms with Gasteiger partial charge in [0, 0.05) is 5.69 Å². The molecule has 0 aliphatic carbocycles. The molecule has 0 amide bonds. The molecule has 3 N–H and O–H groups in total. The molecule has 2 nitrogen and oxygen atoms in total. The maximum absolute atomic E-state index is 10.3. The van der Waals surface area contributed by atoms with Gasteiger partial charge in [0.2, 0.25) is 0 Å². The van der Waals surface area contributed by atoms with Crippen LogP contribution in [0.5, 0.6) is 0 Å². The molecule has 0 saturated carbocycles. The predicted octanol–water partition coefficient (Wildman–Crippen LogP) is 2.97. The minimum Gasteiger partial charge on any atom is -0.399 e. The van der Waals surface area contributed by atoms with Gasteiger partial charge in [0.1, 0.15) is 6.10 Å². The summed E-state index contributed by atoms with van der Waals surface area (Å²) in [6.07, 6.45) is -0.612. The van der Waals surface area contributed by atoms with Crippen molar-refractivity contribution in [2.45, 2.75) is 20.0 Å². The van der Waals surface area contributed by atoms with Crippen molar-refractivity contribution < 1.29 is 5.11 Å². The van der Waals surface area contributed by atoms with Gasteiger partial charge in [-0.2, -0.15) is 0 Å². The Balaban J connectivity index is 2.40. The van der Waals surface area contributed by atoms with Gasteiger partial charge < -0.3 is 10.8 Å². The normalized spacial score (nSPS) is 12.4. The lowest BCUT2D eigenvalue weighted by Gasteiger charge is -2.15. The van der Waals surface area contributed by atoms with Crippen LogP contribution in [0.4, 0.5) is 5.69 Å². The third-order valence-electron chi connectivity index (χ3n) is 3.11. The molecule has 2 heteroatoms. The lowest BCUT2D eigenvalue weighted by Crippen LogP contribution is -2.04. The molecule has 0 unspecified atom stereocenters. The van der Waals surface area contributed by atoms with Gasteiger partial charge in [-0.25, -0.2) is 0 Å². The topological polar surface area (TPSA) is 46.2 Å². The Labute approximate surface area is 102 Å². The van der Waals surface area contributed by atoms with Gasteiger partial charge in [0.25, 0.3) is 0 Å². The quantitative estimate of drug-likeness (QED) is 0.775. The molecule has 2 aromatic rings. The van der Waals surface area contributed by atoms with Crippen LogP contribution in [-0.4, -0.2) is 5.11 Å². The van der Waals surface area contributed by atoms with Crippen LogP contribution in [0.25, 0.3) is 0 Å². The standard InChI is InChI=1S/C15H17NO/c1-10-6-8-12(9-7-10)15(17)13-4-3-5-14(16)11(13)2/h3-9,15,17H,16H2,1-2H3/t15-/m0/s1. The fourth-order valence-corrected chi connectivity index (χ4v) is 1.90. The Kier molecular flexibility index (Phi) is 3.16. The third-order valence-corrected chi connectivity index (χ3v) is 3.11. The van der Waals surface area contributed by atoms with Gasteiger partial charge in [-0.1, -0.05) is 42.0 Å². The van der Waals surface area contributed by atoms with Crippen molar-refractivity contribution in [3.63, 3.8) is 0 Å². The molecular weight excluding hydrogens is 210 g/mol. The molecule has 0 aromatic heterocycles. The second-order valence-electron chi connectivity index (χ2n) is 4.37. The summed E-state index contributed by atoms with van der Waals surface area (Å²) in [7, 11) is 0. The highest BCUT2D eigenvalue weighted by molar-refractivity contribution is 5.52. The maximum atomic E-state index is 10.3. The Bertz CT molecular complexity index is 517. The van der Waals surface area contributed by atoms with Gasteiger partial charge in [-0.05, 0) is 36.6 Å². The van der Waals surface area contributed by atoms with E-state index in [9.17, 15) is 5.11 Å². The lowest BCUT2D eigenvalue weighted by atomic mass is 9.96. The third kappa shape index (κ3) is 2.32. The van der Waals surface area contributed by atoms with Crippen molar-refractivity contribution in [1.82, 2.24) is 0 Å². The van der Waals surface area contributed by atoms with Gasteiger partial charge in [0.15, 0.2) is 0 Å². The summed E-state index contributed by atoms with van der Waals surface area (Å²) in [6, 6.07) is 13.5. The molecule has 0 saturated heterocycles. The Morgan fingerprint density at radius 2 is 1.65 bits per heavy atom. The lowest BCUT2D eigenvalue weighted by molar-refractivity contribution is 0.219. The largest absolute Gasteiger partial charge is 0.399 e. The molecule has 0 spiro atoms. The van der Waals surface area contributed by atoms with E-state index in [1.165, 1.54) is 5.56 Å². The molecular formula is C15H17NO. The van der Waals surface area contributed by atoms with Crippen molar-refractivity contribution in [3.8, 4) is 0 Å².